The molecule has 0 saturated carbocycles. The van der Waals surface area contributed by atoms with Crippen LogP contribution in [-0.2, 0) is 19.6 Å². The highest BCUT2D eigenvalue weighted by Crippen LogP contribution is 2.24. The van der Waals surface area contributed by atoms with Crippen molar-refractivity contribution in [1.29, 1.82) is 0 Å². The van der Waals surface area contributed by atoms with Crippen molar-refractivity contribution in [2.75, 3.05) is 6.54 Å². The van der Waals surface area contributed by atoms with E-state index < -0.39 is 6.10 Å². The minimum Gasteiger partial charge on any atom is -0.382 e. The van der Waals surface area contributed by atoms with Crippen LogP contribution >= 0.6 is 11.3 Å². The normalized spacial score (nSPS) is 16.4. The summed E-state index contributed by atoms with van der Waals surface area (Å²) < 4.78 is 2.05. The molecule has 0 aliphatic carbocycles. The first-order chi connectivity index (χ1) is 12.2. The number of thiazole rings is 1. The van der Waals surface area contributed by atoms with Crippen LogP contribution in [0.15, 0.2) is 41.9 Å². The minimum absolute atomic E-state index is 0.671. The molecule has 0 unspecified atom stereocenters. The second-order valence-corrected chi connectivity index (χ2v) is 7.58. The van der Waals surface area contributed by atoms with Gasteiger partial charge in [0.25, 0.3) is 0 Å². The van der Waals surface area contributed by atoms with Crippen LogP contribution in [0.25, 0.3) is 0 Å². The van der Waals surface area contributed by atoms with Gasteiger partial charge in [-0.05, 0) is 25.0 Å². The van der Waals surface area contributed by atoms with E-state index in [1.807, 2.05) is 41.9 Å². The molecule has 3 heterocycles. The second-order valence-electron chi connectivity index (χ2n) is 6.52. The summed E-state index contributed by atoms with van der Waals surface area (Å²) in [6, 6.07) is 11.8. The van der Waals surface area contributed by atoms with Crippen LogP contribution in [0.1, 0.15) is 40.0 Å². The lowest BCUT2D eigenvalue weighted by Gasteiger charge is -2.18. The van der Waals surface area contributed by atoms with E-state index in [0.717, 1.165) is 49.6 Å². The number of benzene rings is 1. The number of rotatable bonds is 4. The maximum atomic E-state index is 10.6. The topological polar surface area (TPSA) is 54.2 Å². The molecule has 0 amide bonds. The van der Waals surface area contributed by atoms with E-state index in [1.54, 1.807) is 11.3 Å². The van der Waals surface area contributed by atoms with Crippen LogP contribution in [0.2, 0.25) is 0 Å². The van der Waals surface area contributed by atoms with Gasteiger partial charge in [-0.1, -0.05) is 30.3 Å². The molecule has 1 aliphatic heterocycles. The van der Waals surface area contributed by atoms with Crippen LogP contribution in [0.4, 0.5) is 0 Å². The van der Waals surface area contributed by atoms with Gasteiger partial charge in [0, 0.05) is 31.1 Å². The highest BCUT2D eigenvalue weighted by Gasteiger charge is 2.21. The largest absolute Gasteiger partial charge is 0.382 e. The number of hydrogen-bond acceptors (Lipinski definition) is 5. The zero-order valence-corrected chi connectivity index (χ0v) is 15.1. The van der Waals surface area contributed by atoms with Crippen molar-refractivity contribution in [2.24, 2.45) is 0 Å². The molecular formula is C19H22N4OS. The lowest BCUT2D eigenvalue weighted by molar-refractivity contribution is 0.213. The van der Waals surface area contributed by atoms with Gasteiger partial charge in [-0.2, -0.15) is 5.10 Å². The van der Waals surface area contributed by atoms with E-state index in [4.69, 9.17) is 0 Å². The smallest absolute Gasteiger partial charge is 0.123 e. The van der Waals surface area contributed by atoms with Gasteiger partial charge < -0.3 is 5.11 Å². The molecule has 0 radical (unpaired) electrons. The summed E-state index contributed by atoms with van der Waals surface area (Å²) in [7, 11) is 0. The fraction of sp³-hybridized carbons (Fsp3) is 0.368. The Morgan fingerprint density at radius 3 is 2.84 bits per heavy atom. The van der Waals surface area contributed by atoms with E-state index in [9.17, 15) is 5.11 Å². The molecular weight excluding hydrogens is 332 g/mol. The number of aliphatic hydroxyl groups is 1. The summed E-state index contributed by atoms with van der Waals surface area (Å²) in [5.41, 5.74) is 5.86. The van der Waals surface area contributed by atoms with Gasteiger partial charge in [-0.3, -0.25) is 9.58 Å². The molecule has 130 valence electrons. The Morgan fingerprint density at radius 2 is 2.08 bits per heavy atom. The standard InChI is InChI=1S/C19H22N4OS/c1-14-18(20-13-25-14)12-22-8-5-9-23-16(11-22)10-17(21-23)19(24)15-6-3-2-4-7-15/h2-4,6-7,10,13,19,24H,5,8-9,11-12H2,1H3/t19-/m1/s1. The number of fused-ring (bicyclic) bond motifs is 1. The van der Waals surface area contributed by atoms with Gasteiger partial charge >= 0.3 is 0 Å². The molecule has 1 N–H and O–H groups in total. The van der Waals surface area contributed by atoms with Gasteiger partial charge in [0.1, 0.15) is 6.10 Å². The van der Waals surface area contributed by atoms with Crippen molar-refractivity contribution in [3.63, 3.8) is 0 Å². The third-order valence-electron chi connectivity index (χ3n) is 4.73. The monoisotopic (exact) mass is 354 g/mol. The van der Waals surface area contributed by atoms with Crippen molar-refractivity contribution in [2.45, 2.75) is 39.1 Å². The summed E-state index contributed by atoms with van der Waals surface area (Å²) in [4.78, 5) is 8.19. The summed E-state index contributed by atoms with van der Waals surface area (Å²) in [6.07, 6.45) is 0.383. The SMILES string of the molecule is Cc1scnc1CN1CCCn2nc([C@H](O)c3ccccc3)cc2C1. The Bertz CT molecular complexity index is 842. The average Bonchev–Trinajstić information content (AvgIpc) is 3.16. The average molecular weight is 354 g/mol. The first kappa shape index (κ1) is 16.4. The molecule has 0 saturated heterocycles. The summed E-state index contributed by atoms with van der Waals surface area (Å²) >= 11 is 1.70. The highest BCUT2D eigenvalue weighted by atomic mass is 32.1. The van der Waals surface area contributed by atoms with Crippen LogP contribution in [0.5, 0.6) is 0 Å². The third kappa shape index (κ3) is 3.51. The molecule has 0 bridgehead atoms. The molecule has 1 atom stereocenters. The molecule has 4 rings (SSSR count). The highest BCUT2D eigenvalue weighted by molar-refractivity contribution is 7.09. The fourth-order valence-electron chi connectivity index (χ4n) is 3.32. The molecule has 6 heteroatoms. The van der Waals surface area contributed by atoms with E-state index in [0.29, 0.717) is 0 Å². The first-order valence-corrected chi connectivity index (χ1v) is 9.49. The molecule has 2 aromatic heterocycles. The second kappa shape index (κ2) is 7.07. The van der Waals surface area contributed by atoms with Gasteiger partial charge in [0.2, 0.25) is 0 Å². The van der Waals surface area contributed by atoms with Crippen molar-refractivity contribution < 1.29 is 5.11 Å². The predicted molar refractivity (Wildman–Crippen MR) is 98.3 cm³/mol. The molecule has 1 aliphatic rings. The van der Waals surface area contributed by atoms with E-state index in [1.165, 1.54) is 10.6 Å². The van der Waals surface area contributed by atoms with Crippen LogP contribution < -0.4 is 0 Å². The molecule has 1 aromatic carbocycles. The predicted octanol–water partition coefficient (Wildman–Crippen LogP) is 3.14. The van der Waals surface area contributed by atoms with Gasteiger partial charge in [-0.25, -0.2) is 4.98 Å². The van der Waals surface area contributed by atoms with E-state index in [2.05, 4.69) is 26.6 Å². The zero-order valence-electron chi connectivity index (χ0n) is 14.3. The van der Waals surface area contributed by atoms with E-state index >= 15 is 0 Å². The number of nitrogens with zero attached hydrogens (tertiary/aromatic N) is 4. The van der Waals surface area contributed by atoms with Gasteiger partial charge in [-0.15, -0.1) is 11.3 Å². The third-order valence-corrected chi connectivity index (χ3v) is 5.53. The van der Waals surface area contributed by atoms with Crippen LogP contribution in [-0.4, -0.2) is 31.3 Å². The van der Waals surface area contributed by atoms with Crippen LogP contribution in [0.3, 0.4) is 0 Å². The zero-order chi connectivity index (χ0) is 17.2. The number of aryl methyl sites for hydroxylation is 2. The van der Waals surface area contributed by atoms with Crippen molar-refractivity contribution in [3.8, 4) is 0 Å². The van der Waals surface area contributed by atoms with Crippen molar-refractivity contribution >= 4 is 11.3 Å². The Kier molecular flexibility index (Phi) is 4.65. The molecule has 0 spiro atoms. The Hall–Kier alpha value is -2.02. The van der Waals surface area contributed by atoms with Gasteiger partial charge in [0.05, 0.1) is 22.6 Å². The fourth-order valence-corrected chi connectivity index (χ4v) is 3.91. The van der Waals surface area contributed by atoms with Crippen molar-refractivity contribution in [1.82, 2.24) is 19.7 Å². The lowest BCUT2D eigenvalue weighted by Crippen LogP contribution is -2.23. The number of aliphatic hydroxyl groups excluding tert-OH is 1. The van der Waals surface area contributed by atoms with E-state index in [-0.39, 0.29) is 0 Å². The Labute approximate surface area is 151 Å². The lowest BCUT2D eigenvalue weighted by atomic mass is 10.1. The summed E-state index contributed by atoms with van der Waals surface area (Å²) in [5, 5.41) is 15.3. The number of aromatic nitrogens is 3. The molecule has 25 heavy (non-hydrogen) atoms. The maximum absolute atomic E-state index is 10.6. The minimum atomic E-state index is -0.671. The molecule has 3 aromatic rings. The number of hydrogen-bond donors (Lipinski definition) is 1. The van der Waals surface area contributed by atoms with Crippen LogP contribution in [0, 0.1) is 6.92 Å². The molecule has 5 nitrogen and oxygen atoms in total. The van der Waals surface area contributed by atoms with Gasteiger partial charge in [0.15, 0.2) is 0 Å². The summed E-state index contributed by atoms with van der Waals surface area (Å²) in [6.45, 7) is 5.77. The van der Waals surface area contributed by atoms with Crippen molar-refractivity contribution in [3.05, 3.63) is 69.4 Å². The Balaban J connectivity index is 1.53. The summed E-state index contributed by atoms with van der Waals surface area (Å²) in [5.74, 6) is 0. The quantitative estimate of drug-likeness (QED) is 0.782. The molecule has 0 fully saturated rings. The first-order valence-electron chi connectivity index (χ1n) is 8.61. The Morgan fingerprint density at radius 1 is 1.24 bits per heavy atom. The maximum Gasteiger partial charge on any atom is 0.123 e.